The molecule has 94 valence electrons. The molecule has 0 spiro atoms. The quantitative estimate of drug-likeness (QED) is 0.625. The molecule has 0 fully saturated rings. The highest BCUT2D eigenvalue weighted by molar-refractivity contribution is 6.17. The fraction of sp³-hybridized carbons (Fsp3) is 0.462. The molecule has 1 amide bonds. The van der Waals surface area contributed by atoms with E-state index in [9.17, 15) is 4.79 Å². The molecule has 3 nitrogen and oxygen atoms in total. The minimum absolute atomic E-state index is 0.0309. The molecule has 0 heterocycles. The summed E-state index contributed by atoms with van der Waals surface area (Å²) < 4.78 is 5.11. The van der Waals surface area contributed by atoms with Crippen LogP contribution in [0.4, 0.5) is 5.69 Å². The molecular weight excluding hydrogens is 238 g/mol. The van der Waals surface area contributed by atoms with E-state index < -0.39 is 0 Å². The Bertz CT molecular complexity index is 380. The number of alkyl halides is 1. The first-order valence-electron chi connectivity index (χ1n) is 5.68. The van der Waals surface area contributed by atoms with Crippen LogP contribution in [0.5, 0.6) is 5.75 Å². The molecule has 0 saturated heterocycles. The lowest BCUT2D eigenvalue weighted by Gasteiger charge is -2.09. The van der Waals surface area contributed by atoms with Crippen molar-refractivity contribution < 1.29 is 9.53 Å². The van der Waals surface area contributed by atoms with E-state index in [-0.39, 0.29) is 5.91 Å². The van der Waals surface area contributed by atoms with Crippen LogP contribution in [0.3, 0.4) is 0 Å². The van der Waals surface area contributed by atoms with Crippen LogP contribution < -0.4 is 10.1 Å². The van der Waals surface area contributed by atoms with E-state index in [4.69, 9.17) is 16.3 Å². The Balaban J connectivity index is 2.53. The van der Waals surface area contributed by atoms with Gasteiger partial charge in [-0.3, -0.25) is 4.79 Å². The van der Waals surface area contributed by atoms with Gasteiger partial charge in [-0.25, -0.2) is 0 Å². The predicted molar refractivity (Wildman–Crippen MR) is 70.9 cm³/mol. The lowest BCUT2D eigenvalue weighted by Crippen LogP contribution is -2.12. The fourth-order valence-corrected chi connectivity index (χ4v) is 1.69. The first-order valence-corrected chi connectivity index (χ1v) is 6.21. The average Bonchev–Trinajstić information content (AvgIpc) is 2.32. The normalized spacial score (nSPS) is 10.1. The summed E-state index contributed by atoms with van der Waals surface area (Å²) >= 11 is 5.56. The van der Waals surface area contributed by atoms with Gasteiger partial charge >= 0.3 is 0 Å². The van der Waals surface area contributed by atoms with Gasteiger partial charge in [0.25, 0.3) is 0 Å². The van der Waals surface area contributed by atoms with Gasteiger partial charge in [0.2, 0.25) is 5.91 Å². The maximum Gasteiger partial charge on any atom is 0.224 e. The number of nitrogens with one attached hydrogen (secondary N) is 1. The lowest BCUT2D eigenvalue weighted by molar-refractivity contribution is -0.116. The van der Waals surface area contributed by atoms with Gasteiger partial charge < -0.3 is 10.1 Å². The third kappa shape index (κ3) is 4.65. The number of halogens is 1. The lowest BCUT2D eigenvalue weighted by atomic mass is 10.1. The third-order valence-electron chi connectivity index (χ3n) is 2.50. The van der Waals surface area contributed by atoms with Crippen LogP contribution in [0.2, 0.25) is 0 Å². The smallest absolute Gasteiger partial charge is 0.224 e. The summed E-state index contributed by atoms with van der Waals surface area (Å²) in [5.41, 5.74) is 1.83. The molecule has 4 heteroatoms. The number of amides is 1. The van der Waals surface area contributed by atoms with Crippen molar-refractivity contribution in [1.82, 2.24) is 0 Å². The second-order valence-electron chi connectivity index (χ2n) is 3.88. The highest BCUT2D eigenvalue weighted by atomic mass is 35.5. The van der Waals surface area contributed by atoms with Gasteiger partial charge in [0.05, 0.1) is 7.11 Å². The van der Waals surface area contributed by atoms with Crippen LogP contribution >= 0.6 is 11.6 Å². The van der Waals surface area contributed by atoms with Gasteiger partial charge in [0.15, 0.2) is 0 Å². The van der Waals surface area contributed by atoms with E-state index in [1.54, 1.807) is 7.11 Å². The molecule has 1 aromatic rings. The van der Waals surface area contributed by atoms with Crippen molar-refractivity contribution in [1.29, 1.82) is 0 Å². The maximum atomic E-state index is 11.6. The first kappa shape index (κ1) is 13.8. The third-order valence-corrected chi connectivity index (χ3v) is 2.76. The monoisotopic (exact) mass is 255 g/mol. The summed E-state index contributed by atoms with van der Waals surface area (Å²) in [5.74, 6) is 1.43. The number of methoxy groups -OCH3 is 1. The number of carbonyl (C=O) groups is 1. The second kappa shape index (κ2) is 7.17. The standard InChI is InChI=1S/C13H18ClNO2/c1-10-9-11(17-2)6-7-12(10)15-13(16)5-3-4-8-14/h6-7,9H,3-5,8H2,1-2H3,(H,15,16). The molecule has 1 rings (SSSR count). The molecular formula is C13H18ClNO2. The molecule has 1 N–H and O–H groups in total. The Morgan fingerprint density at radius 3 is 2.76 bits per heavy atom. The zero-order valence-electron chi connectivity index (χ0n) is 10.3. The molecule has 0 unspecified atom stereocenters. The van der Waals surface area contributed by atoms with E-state index in [1.807, 2.05) is 25.1 Å². The Kier molecular flexibility index (Phi) is 5.84. The number of anilines is 1. The van der Waals surface area contributed by atoms with E-state index in [0.717, 1.165) is 29.8 Å². The molecule has 0 aliphatic carbocycles. The van der Waals surface area contributed by atoms with Crippen molar-refractivity contribution in [2.45, 2.75) is 26.2 Å². The number of hydrogen-bond donors (Lipinski definition) is 1. The Morgan fingerprint density at radius 2 is 2.18 bits per heavy atom. The van der Waals surface area contributed by atoms with E-state index in [0.29, 0.717) is 12.3 Å². The average molecular weight is 256 g/mol. The summed E-state index contributed by atoms with van der Waals surface area (Å²) in [4.78, 5) is 11.6. The zero-order chi connectivity index (χ0) is 12.7. The number of unbranched alkanes of at least 4 members (excludes halogenated alkanes) is 1. The summed E-state index contributed by atoms with van der Waals surface area (Å²) in [6.07, 6.45) is 2.21. The van der Waals surface area contributed by atoms with Gasteiger partial charge in [0, 0.05) is 18.0 Å². The Labute approximate surface area is 107 Å². The molecule has 0 saturated carbocycles. The van der Waals surface area contributed by atoms with Gasteiger partial charge in [-0.05, 0) is 43.5 Å². The van der Waals surface area contributed by atoms with Crippen LogP contribution in [-0.4, -0.2) is 18.9 Å². The minimum atomic E-state index is 0.0309. The fourth-order valence-electron chi connectivity index (χ4n) is 1.50. The van der Waals surface area contributed by atoms with Crippen molar-refractivity contribution >= 4 is 23.2 Å². The minimum Gasteiger partial charge on any atom is -0.497 e. The SMILES string of the molecule is COc1ccc(NC(=O)CCCCCl)c(C)c1. The number of carbonyl (C=O) groups excluding carboxylic acids is 1. The van der Waals surface area contributed by atoms with Gasteiger partial charge in [-0.15, -0.1) is 11.6 Å². The van der Waals surface area contributed by atoms with E-state index in [1.165, 1.54) is 0 Å². The van der Waals surface area contributed by atoms with Gasteiger partial charge in [-0.2, -0.15) is 0 Å². The first-order chi connectivity index (χ1) is 8.17. The van der Waals surface area contributed by atoms with Crippen LogP contribution in [0.1, 0.15) is 24.8 Å². The van der Waals surface area contributed by atoms with Gasteiger partial charge in [-0.1, -0.05) is 0 Å². The van der Waals surface area contributed by atoms with Crippen LogP contribution in [0.15, 0.2) is 18.2 Å². The molecule has 0 bridgehead atoms. The molecule has 0 radical (unpaired) electrons. The second-order valence-corrected chi connectivity index (χ2v) is 4.25. The van der Waals surface area contributed by atoms with Crippen LogP contribution in [-0.2, 0) is 4.79 Å². The topological polar surface area (TPSA) is 38.3 Å². The summed E-state index contributed by atoms with van der Waals surface area (Å²) in [7, 11) is 1.62. The Hall–Kier alpha value is -1.22. The number of hydrogen-bond acceptors (Lipinski definition) is 2. The molecule has 0 atom stereocenters. The van der Waals surface area contributed by atoms with E-state index >= 15 is 0 Å². The number of benzene rings is 1. The van der Waals surface area contributed by atoms with Crippen LogP contribution in [0.25, 0.3) is 0 Å². The molecule has 0 aliphatic heterocycles. The maximum absolute atomic E-state index is 11.6. The van der Waals surface area contributed by atoms with Gasteiger partial charge in [0.1, 0.15) is 5.75 Å². The Morgan fingerprint density at radius 1 is 1.41 bits per heavy atom. The molecule has 0 aliphatic rings. The highest BCUT2D eigenvalue weighted by Crippen LogP contribution is 2.21. The number of aryl methyl sites for hydroxylation is 1. The molecule has 1 aromatic carbocycles. The van der Waals surface area contributed by atoms with Crippen LogP contribution in [0, 0.1) is 6.92 Å². The number of rotatable bonds is 6. The summed E-state index contributed by atoms with van der Waals surface area (Å²) in [6, 6.07) is 5.59. The summed E-state index contributed by atoms with van der Waals surface area (Å²) in [6.45, 7) is 1.94. The predicted octanol–water partition coefficient (Wildman–Crippen LogP) is 3.35. The van der Waals surface area contributed by atoms with Crippen molar-refractivity contribution in [3.05, 3.63) is 23.8 Å². The van der Waals surface area contributed by atoms with Crippen molar-refractivity contribution in [3.8, 4) is 5.75 Å². The van der Waals surface area contributed by atoms with Crippen molar-refractivity contribution in [3.63, 3.8) is 0 Å². The molecule has 17 heavy (non-hydrogen) atoms. The zero-order valence-corrected chi connectivity index (χ0v) is 11.0. The highest BCUT2D eigenvalue weighted by Gasteiger charge is 2.05. The largest absolute Gasteiger partial charge is 0.497 e. The van der Waals surface area contributed by atoms with Crippen molar-refractivity contribution in [2.24, 2.45) is 0 Å². The van der Waals surface area contributed by atoms with E-state index in [2.05, 4.69) is 5.32 Å². The summed E-state index contributed by atoms with van der Waals surface area (Å²) in [5, 5.41) is 2.88. The van der Waals surface area contributed by atoms with Crippen molar-refractivity contribution in [2.75, 3.05) is 18.3 Å². The number of ether oxygens (including phenoxy) is 1. The molecule has 0 aromatic heterocycles.